The van der Waals surface area contributed by atoms with Crippen LogP contribution in [0.3, 0.4) is 0 Å². The van der Waals surface area contributed by atoms with Crippen LogP contribution in [0, 0.1) is 0 Å². The van der Waals surface area contributed by atoms with Gasteiger partial charge < -0.3 is 20.5 Å². The molecule has 2 rings (SSSR count). The molecule has 0 aliphatic rings. The number of rotatable bonds is 9. The first-order valence-corrected chi connectivity index (χ1v) is 9.44. The van der Waals surface area contributed by atoms with Gasteiger partial charge in [0, 0.05) is 25.5 Å². The summed E-state index contributed by atoms with van der Waals surface area (Å²) in [6, 6.07) is 11.5. The highest BCUT2D eigenvalue weighted by atomic mass is 16.5. The fourth-order valence-corrected chi connectivity index (χ4v) is 2.54. The molecule has 0 bridgehead atoms. The van der Waals surface area contributed by atoms with E-state index in [2.05, 4.69) is 26.7 Å². The third kappa shape index (κ3) is 7.66. The second-order valence-corrected chi connectivity index (χ2v) is 6.51. The van der Waals surface area contributed by atoms with E-state index in [1.165, 1.54) is 5.56 Å². The Hall–Kier alpha value is -2.60. The summed E-state index contributed by atoms with van der Waals surface area (Å²) in [7, 11) is 0. The summed E-state index contributed by atoms with van der Waals surface area (Å²) in [6.07, 6.45) is 3.96. The maximum Gasteiger partial charge on any atom is 0.191 e. The standard InChI is InChI=1S/C21H30N4O2/c1-4-23-21(24-13-11-17-6-5-12-22-14-17)25-15-20(26)18-7-9-19(10-8-18)27-16(2)3/h5-10,12,14,16,20,26H,4,11,13,15H2,1-3H3,(H2,23,24,25). The van der Waals surface area contributed by atoms with Crippen molar-refractivity contribution in [3.63, 3.8) is 0 Å². The molecule has 146 valence electrons. The quantitative estimate of drug-likeness (QED) is 0.467. The molecule has 27 heavy (non-hydrogen) atoms. The topological polar surface area (TPSA) is 78.8 Å². The van der Waals surface area contributed by atoms with Crippen molar-refractivity contribution in [1.29, 1.82) is 0 Å². The van der Waals surface area contributed by atoms with Crippen LogP contribution in [0.1, 0.15) is 38.0 Å². The molecule has 1 aromatic carbocycles. The molecule has 6 nitrogen and oxygen atoms in total. The van der Waals surface area contributed by atoms with E-state index in [1.807, 2.05) is 57.3 Å². The van der Waals surface area contributed by atoms with Crippen LogP contribution < -0.4 is 15.4 Å². The highest BCUT2D eigenvalue weighted by molar-refractivity contribution is 5.79. The van der Waals surface area contributed by atoms with E-state index in [1.54, 1.807) is 6.20 Å². The molecule has 2 aromatic rings. The monoisotopic (exact) mass is 370 g/mol. The lowest BCUT2D eigenvalue weighted by Gasteiger charge is -2.14. The Labute approximate surface area is 161 Å². The summed E-state index contributed by atoms with van der Waals surface area (Å²) in [4.78, 5) is 8.61. The lowest BCUT2D eigenvalue weighted by Crippen LogP contribution is -2.38. The first kappa shape index (κ1) is 20.7. The minimum atomic E-state index is -0.660. The van der Waals surface area contributed by atoms with Gasteiger partial charge in [-0.3, -0.25) is 9.98 Å². The van der Waals surface area contributed by atoms with Gasteiger partial charge in [-0.25, -0.2) is 0 Å². The van der Waals surface area contributed by atoms with Crippen LogP contribution in [0.2, 0.25) is 0 Å². The van der Waals surface area contributed by atoms with Crippen LogP contribution in [-0.2, 0) is 6.42 Å². The van der Waals surface area contributed by atoms with E-state index in [9.17, 15) is 5.11 Å². The van der Waals surface area contributed by atoms with Crippen molar-refractivity contribution in [3.05, 3.63) is 59.9 Å². The van der Waals surface area contributed by atoms with Crippen LogP contribution >= 0.6 is 0 Å². The van der Waals surface area contributed by atoms with Crippen LogP contribution in [0.5, 0.6) is 5.75 Å². The largest absolute Gasteiger partial charge is 0.491 e. The number of aliphatic imine (C=N–C) groups is 1. The summed E-state index contributed by atoms with van der Waals surface area (Å²) >= 11 is 0. The van der Waals surface area contributed by atoms with Gasteiger partial charge in [-0.15, -0.1) is 0 Å². The van der Waals surface area contributed by atoms with Gasteiger partial charge in [0.15, 0.2) is 5.96 Å². The SMILES string of the molecule is CCNC(=NCC(O)c1ccc(OC(C)C)cc1)NCCc1cccnc1. The van der Waals surface area contributed by atoms with Gasteiger partial charge in [-0.2, -0.15) is 0 Å². The summed E-state index contributed by atoms with van der Waals surface area (Å²) in [5, 5.41) is 16.9. The zero-order chi connectivity index (χ0) is 19.5. The van der Waals surface area contributed by atoms with Gasteiger partial charge in [0.25, 0.3) is 0 Å². The number of hydrogen-bond acceptors (Lipinski definition) is 4. The number of benzene rings is 1. The van der Waals surface area contributed by atoms with E-state index in [4.69, 9.17) is 4.74 Å². The Bertz CT molecular complexity index is 687. The van der Waals surface area contributed by atoms with Crippen molar-refractivity contribution in [2.75, 3.05) is 19.6 Å². The highest BCUT2D eigenvalue weighted by Gasteiger charge is 2.08. The Morgan fingerprint density at radius 2 is 1.96 bits per heavy atom. The Morgan fingerprint density at radius 1 is 1.19 bits per heavy atom. The molecule has 3 N–H and O–H groups in total. The number of nitrogens with one attached hydrogen (secondary N) is 2. The van der Waals surface area contributed by atoms with E-state index >= 15 is 0 Å². The number of ether oxygens (including phenoxy) is 1. The smallest absolute Gasteiger partial charge is 0.191 e. The molecule has 0 radical (unpaired) electrons. The van der Waals surface area contributed by atoms with Crippen molar-refractivity contribution >= 4 is 5.96 Å². The molecule has 1 aromatic heterocycles. The molecule has 1 atom stereocenters. The zero-order valence-corrected chi connectivity index (χ0v) is 16.4. The summed E-state index contributed by atoms with van der Waals surface area (Å²) < 4.78 is 5.63. The summed E-state index contributed by atoms with van der Waals surface area (Å²) in [5.41, 5.74) is 1.99. The molecule has 6 heteroatoms. The Kier molecular flexibility index (Phi) is 8.58. The molecule has 1 unspecified atom stereocenters. The van der Waals surface area contributed by atoms with Crippen LogP contribution in [0.15, 0.2) is 53.8 Å². The van der Waals surface area contributed by atoms with Crippen LogP contribution in [0.25, 0.3) is 0 Å². The molecule has 0 aliphatic heterocycles. The lowest BCUT2D eigenvalue weighted by atomic mass is 10.1. The fraction of sp³-hybridized carbons (Fsp3) is 0.429. The van der Waals surface area contributed by atoms with Gasteiger partial charge in [-0.05, 0) is 56.5 Å². The van der Waals surface area contributed by atoms with Gasteiger partial charge >= 0.3 is 0 Å². The highest BCUT2D eigenvalue weighted by Crippen LogP contribution is 2.19. The van der Waals surface area contributed by atoms with Crippen molar-refractivity contribution in [2.45, 2.75) is 39.4 Å². The van der Waals surface area contributed by atoms with Crippen molar-refractivity contribution < 1.29 is 9.84 Å². The third-order valence-corrected chi connectivity index (χ3v) is 3.83. The minimum Gasteiger partial charge on any atom is -0.491 e. The predicted molar refractivity (Wildman–Crippen MR) is 109 cm³/mol. The average Bonchev–Trinajstić information content (AvgIpc) is 2.67. The number of aromatic nitrogens is 1. The predicted octanol–water partition coefficient (Wildman–Crippen LogP) is 2.70. The maximum absolute atomic E-state index is 10.4. The molecule has 0 fully saturated rings. The number of aliphatic hydroxyl groups excluding tert-OH is 1. The molecular formula is C21H30N4O2. The number of aliphatic hydroxyl groups is 1. The molecular weight excluding hydrogens is 340 g/mol. The second-order valence-electron chi connectivity index (χ2n) is 6.51. The van der Waals surface area contributed by atoms with E-state index in [-0.39, 0.29) is 12.6 Å². The van der Waals surface area contributed by atoms with Crippen molar-refractivity contribution in [1.82, 2.24) is 15.6 Å². The van der Waals surface area contributed by atoms with Crippen molar-refractivity contribution in [2.24, 2.45) is 4.99 Å². The second kappa shape index (κ2) is 11.2. The number of guanidine groups is 1. The fourth-order valence-electron chi connectivity index (χ4n) is 2.54. The normalized spacial score (nSPS) is 12.7. The lowest BCUT2D eigenvalue weighted by molar-refractivity contribution is 0.186. The molecule has 0 amide bonds. The van der Waals surface area contributed by atoms with E-state index in [0.29, 0.717) is 5.96 Å². The molecule has 0 aliphatic carbocycles. The maximum atomic E-state index is 10.4. The third-order valence-electron chi connectivity index (χ3n) is 3.83. The first-order chi connectivity index (χ1) is 13.1. The molecule has 1 heterocycles. The Balaban J connectivity index is 1.86. The number of hydrogen-bond donors (Lipinski definition) is 3. The van der Waals surface area contributed by atoms with E-state index < -0.39 is 6.10 Å². The summed E-state index contributed by atoms with van der Waals surface area (Å²) in [5.74, 6) is 1.50. The van der Waals surface area contributed by atoms with E-state index in [0.717, 1.165) is 30.8 Å². The zero-order valence-electron chi connectivity index (χ0n) is 16.4. The number of nitrogens with zero attached hydrogens (tertiary/aromatic N) is 2. The minimum absolute atomic E-state index is 0.130. The van der Waals surface area contributed by atoms with Crippen LogP contribution in [-0.4, -0.2) is 41.8 Å². The van der Waals surface area contributed by atoms with Gasteiger partial charge in [0.1, 0.15) is 5.75 Å². The van der Waals surface area contributed by atoms with Gasteiger partial charge in [0.05, 0.1) is 18.8 Å². The molecule has 0 saturated heterocycles. The summed E-state index contributed by atoms with van der Waals surface area (Å²) in [6.45, 7) is 7.78. The van der Waals surface area contributed by atoms with Crippen molar-refractivity contribution in [3.8, 4) is 5.75 Å². The van der Waals surface area contributed by atoms with Gasteiger partial charge in [-0.1, -0.05) is 18.2 Å². The average molecular weight is 370 g/mol. The Morgan fingerprint density at radius 3 is 2.59 bits per heavy atom. The first-order valence-electron chi connectivity index (χ1n) is 9.44. The number of pyridine rings is 1. The van der Waals surface area contributed by atoms with Gasteiger partial charge in [0.2, 0.25) is 0 Å². The molecule has 0 saturated carbocycles. The van der Waals surface area contributed by atoms with Crippen LogP contribution in [0.4, 0.5) is 0 Å². The molecule has 0 spiro atoms.